The Morgan fingerprint density at radius 3 is 2.34 bits per heavy atom. The molecule has 0 bridgehead atoms. The zero-order chi connectivity index (χ0) is 28.6. The molecule has 2 saturated heterocycles. The van der Waals surface area contributed by atoms with Gasteiger partial charge in [-0.1, -0.05) is 43.0 Å². The molecule has 3 aliphatic rings. The molecule has 1 unspecified atom stereocenters. The molecule has 41 heavy (non-hydrogen) atoms. The highest BCUT2D eigenvalue weighted by Crippen LogP contribution is 2.34. The Bertz CT molecular complexity index is 1580. The van der Waals surface area contributed by atoms with Crippen LogP contribution in [0.2, 0.25) is 0 Å². The highest BCUT2D eigenvalue weighted by atomic mass is 32.2. The summed E-state index contributed by atoms with van der Waals surface area (Å²) in [5, 5.41) is 2.75. The van der Waals surface area contributed by atoms with E-state index in [1.54, 1.807) is 41.3 Å². The number of nitrogens with zero attached hydrogens (tertiary/aromatic N) is 3. The summed E-state index contributed by atoms with van der Waals surface area (Å²) in [5.74, 6) is 0.183. The minimum Gasteiger partial charge on any atom is -0.489 e. The number of para-hydroxylation sites is 1. The molecule has 10 heteroatoms. The van der Waals surface area contributed by atoms with Gasteiger partial charge in [0.15, 0.2) is 0 Å². The number of amides is 2. The molecule has 1 N–H and O–H groups in total. The normalized spacial score (nSPS) is 19.7. The van der Waals surface area contributed by atoms with Crippen LogP contribution in [0, 0.1) is 0 Å². The number of sulfonamides is 1. The second-order valence-corrected chi connectivity index (χ2v) is 12.5. The van der Waals surface area contributed by atoms with Crippen molar-refractivity contribution in [3.8, 4) is 5.75 Å². The van der Waals surface area contributed by atoms with Crippen molar-refractivity contribution in [1.29, 1.82) is 0 Å². The molecule has 3 heterocycles. The van der Waals surface area contributed by atoms with Gasteiger partial charge < -0.3 is 19.9 Å². The quantitative estimate of drug-likeness (QED) is 0.465. The maximum Gasteiger partial charge on any atom is 0.255 e. The van der Waals surface area contributed by atoms with Crippen LogP contribution in [-0.2, 0) is 28.0 Å². The van der Waals surface area contributed by atoms with Gasteiger partial charge in [-0.2, -0.15) is 4.31 Å². The van der Waals surface area contributed by atoms with Crippen molar-refractivity contribution >= 4 is 27.5 Å². The van der Waals surface area contributed by atoms with E-state index in [0.29, 0.717) is 62.6 Å². The van der Waals surface area contributed by atoms with E-state index in [1.807, 2.05) is 36.4 Å². The van der Waals surface area contributed by atoms with E-state index in [1.165, 1.54) is 4.31 Å². The highest BCUT2D eigenvalue weighted by Gasteiger charge is 2.39. The summed E-state index contributed by atoms with van der Waals surface area (Å²) in [6, 6.07) is 21.6. The SMILES string of the molecule is C=C1CCC(N2Cc3c(OCc4ccc(S(=O)(=O)N5CCN(c6ccccc6)CC5)cc4)cccc3C2=O)C(=O)N1. The van der Waals surface area contributed by atoms with Crippen LogP contribution < -0.4 is 15.0 Å². The number of hydrogen-bond donors (Lipinski definition) is 1. The fourth-order valence-corrected chi connectivity index (χ4v) is 7.09. The number of nitrogens with one attached hydrogen (secondary N) is 1. The number of rotatable bonds is 7. The molecular weight excluding hydrogens is 540 g/mol. The van der Waals surface area contributed by atoms with Crippen molar-refractivity contribution in [1.82, 2.24) is 14.5 Å². The summed E-state index contributed by atoms with van der Waals surface area (Å²) in [6.45, 7) is 6.44. The van der Waals surface area contributed by atoms with E-state index >= 15 is 0 Å². The lowest BCUT2D eigenvalue weighted by atomic mass is 10.0. The molecule has 3 aromatic carbocycles. The van der Waals surface area contributed by atoms with Crippen LogP contribution in [0.1, 0.15) is 34.3 Å². The zero-order valence-electron chi connectivity index (χ0n) is 22.7. The van der Waals surface area contributed by atoms with Crippen LogP contribution in [0.15, 0.2) is 90.0 Å². The number of ether oxygens (including phenoxy) is 1. The van der Waals surface area contributed by atoms with Gasteiger partial charge in [0.1, 0.15) is 18.4 Å². The maximum absolute atomic E-state index is 13.3. The smallest absolute Gasteiger partial charge is 0.255 e. The van der Waals surface area contributed by atoms with Gasteiger partial charge in [-0.25, -0.2) is 8.42 Å². The van der Waals surface area contributed by atoms with Crippen molar-refractivity contribution < 1.29 is 22.7 Å². The standard InChI is InChI=1S/C31H32N4O5S/c1-22-10-15-28(30(36)32-22)35-20-27-26(31(35)37)8-5-9-29(27)40-21-23-11-13-25(14-12-23)41(38,39)34-18-16-33(17-19-34)24-6-3-2-4-7-24/h2-9,11-14,28H,1,10,15-21H2,(H,32,36). The van der Waals surface area contributed by atoms with Crippen LogP contribution in [-0.4, -0.2) is 61.7 Å². The van der Waals surface area contributed by atoms with E-state index in [9.17, 15) is 18.0 Å². The second kappa shape index (κ2) is 11.0. The number of fused-ring (bicyclic) bond motifs is 1. The Kier molecular flexibility index (Phi) is 7.27. The topological polar surface area (TPSA) is 99.3 Å². The number of benzene rings is 3. The Morgan fingerprint density at radius 2 is 1.63 bits per heavy atom. The molecule has 6 rings (SSSR count). The fraction of sp³-hybridized carbons (Fsp3) is 0.290. The summed E-state index contributed by atoms with van der Waals surface area (Å²) >= 11 is 0. The number of carbonyl (C=O) groups excluding carboxylic acids is 2. The van der Waals surface area contributed by atoms with Crippen LogP contribution in [0.4, 0.5) is 5.69 Å². The van der Waals surface area contributed by atoms with Crippen molar-refractivity contribution in [2.24, 2.45) is 0 Å². The average Bonchev–Trinajstić information content (AvgIpc) is 3.33. The zero-order valence-corrected chi connectivity index (χ0v) is 23.5. The molecule has 212 valence electrons. The summed E-state index contributed by atoms with van der Waals surface area (Å²) in [5.41, 5.74) is 3.86. The minimum absolute atomic E-state index is 0.183. The largest absolute Gasteiger partial charge is 0.489 e. The van der Waals surface area contributed by atoms with Gasteiger partial charge in [0.05, 0.1) is 11.4 Å². The molecule has 2 fully saturated rings. The lowest BCUT2D eigenvalue weighted by Gasteiger charge is -2.35. The first-order chi connectivity index (χ1) is 19.8. The number of allylic oxidation sites excluding steroid dienone is 1. The number of anilines is 1. The highest BCUT2D eigenvalue weighted by molar-refractivity contribution is 7.89. The summed E-state index contributed by atoms with van der Waals surface area (Å²) < 4.78 is 34.2. The van der Waals surface area contributed by atoms with Crippen LogP contribution in [0.5, 0.6) is 5.75 Å². The van der Waals surface area contributed by atoms with Crippen LogP contribution in [0.25, 0.3) is 0 Å². The summed E-state index contributed by atoms with van der Waals surface area (Å²) in [7, 11) is -3.61. The molecule has 0 aromatic heterocycles. The first kappa shape index (κ1) is 27.0. The Hall–Kier alpha value is -4.15. The van der Waals surface area contributed by atoms with Gasteiger partial charge in [0.2, 0.25) is 15.9 Å². The van der Waals surface area contributed by atoms with E-state index in [-0.39, 0.29) is 23.3 Å². The Labute approximate surface area is 240 Å². The van der Waals surface area contributed by atoms with Crippen molar-refractivity contribution in [3.05, 3.63) is 102 Å². The van der Waals surface area contributed by atoms with Crippen molar-refractivity contribution in [2.75, 3.05) is 31.1 Å². The van der Waals surface area contributed by atoms with Gasteiger partial charge in [-0.3, -0.25) is 9.59 Å². The maximum atomic E-state index is 13.3. The van der Waals surface area contributed by atoms with Crippen molar-refractivity contribution in [3.63, 3.8) is 0 Å². The third kappa shape index (κ3) is 5.32. The average molecular weight is 573 g/mol. The first-order valence-electron chi connectivity index (χ1n) is 13.7. The van der Waals surface area contributed by atoms with E-state index < -0.39 is 16.1 Å². The third-order valence-electron chi connectivity index (χ3n) is 7.97. The van der Waals surface area contributed by atoms with Gasteiger partial charge in [0, 0.05) is 48.7 Å². The molecule has 0 aliphatic carbocycles. The first-order valence-corrected chi connectivity index (χ1v) is 15.2. The monoisotopic (exact) mass is 572 g/mol. The third-order valence-corrected chi connectivity index (χ3v) is 9.88. The molecule has 9 nitrogen and oxygen atoms in total. The van der Waals surface area contributed by atoms with E-state index in [2.05, 4.69) is 16.8 Å². The van der Waals surface area contributed by atoms with Gasteiger partial charge in [-0.05, 0) is 54.8 Å². The van der Waals surface area contributed by atoms with Gasteiger partial charge in [-0.15, -0.1) is 0 Å². The molecule has 1 atom stereocenters. The Morgan fingerprint density at radius 1 is 0.902 bits per heavy atom. The van der Waals surface area contributed by atoms with E-state index in [4.69, 9.17) is 4.74 Å². The number of piperazine rings is 1. The predicted octanol–water partition coefficient (Wildman–Crippen LogP) is 3.52. The minimum atomic E-state index is -3.61. The van der Waals surface area contributed by atoms with E-state index in [0.717, 1.165) is 16.8 Å². The number of carbonyl (C=O) groups is 2. The molecule has 0 spiro atoms. The molecular formula is C31H32N4O5S. The van der Waals surface area contributed by atoms with Crippen molar-refractivity contribution in [2.45, 2.75) is 36.9 Å². The molecule has 3 aliphatic heterocycles. The second-order valence-electron chi connectivity index (χ2n) is 10.5. The number of hydrogen-bond acceptors (Lipinski definition) is 6. The summed E-state index contributed by atoms with van der Waals surface area (Å²) in [6.07, 6.45) is 1.17. The Balaban J connectivity index is 1.09. The molecule has 0 radical (unpaired) electrons. The van der Waals surface area contributed by atoms with Gasteiger partial charge >= 0.3 is 0 Å². The number of piperidine rings is 1. The molecule has 0 saturated carbocycles. The fourth-order valence-electron chi connectivity index (χ4n) is 5.67. The van der Waals surface area contributed by atoms with Gasteiger partial charge in [0.25, 0.3) is 5.91 Å². The summed E-state index contributed by atoms with van der Waals surface area (Å²) in [4.78, 5) is 29.7. The van der Waals surface area contributed by atoms with Crippen LogP contribution >= 0.6 is 0 Å². The van der Waals surface area contributed by atoms with Crippen LogP contribution in [0.3, 0.4) is 0 Å². The lowest BCUT2D eigenvalue weighted by molar-refractivity contribution is -0.126. The predicted molar refractivity (Wildman–Crippen MR) is 155 cm³/mol. The molecule has 3 aromatic rings. The lowest BCUT2D eigenvalue weighted by Crippen LogP contribution is -2.49. The molecule has 2 amide bonds.